The Morgan fingerprint density at radius 3 is 2.64 bits per heavy atom. The van der Waals surface area contributed by atoms with Crippen LogP contribution in [0.1, 0.15) is 16.8 Å². The summed E-state index contributed by atoms with van der Waals surface area (Å²) in [4.78, 5) is 4.15. The third kappa shape index (κ3) is 2.08. The summed E-state index contributed by atoms with van der Waals surface area (Å²) in [7, 11) is 0. The third-order valence-electron chi connectivity index (χ3n) is 1.55. The van der Waals surface area contributed by atoms with Gasteiger partial charge in [0, 0.05) is 23.7 Å². The lowest BCUT2D eigenvalue weighted by molar-refractivity contribution is 1.10. The van der Waals surface area contributed by atoms with Crippen LogP contribution in [0.2, 0.25) is 0 Å². The maximum Gasteiger partial charge on any atom is 0.0492 e. The van der Waals surface area contributed by atoms with E-state index in [1.54, 1.807) is 6.20 Å². The predicted molar refractivity (Wildman–Crippen MR) is 48.1 cm³/mol. The van der Waals surface area contributed by atoms with Gasteiger partial charge in [0.05, 0.1) is 0 Å². The molecule has 0 aliphatic rings. The number of aryl methyl sites for hydroxylation is 1. The van der Waals surface area contributed by atoms with Crippen molar-refractivity contribution in [2.45, 2.75) is 18.7 Å². The maximum absolute atomic E-state index is 5.68. The monoisotopic (exact) mass is 189 g/mol. The Hall–Kier alpha value is -0.270. The quantitative estimate of drug-likeness (QED) is 0.653. The molecule has 0 unspecified atom stereocenters. The van der Waals surface area contributed by atoms with E-state index in [0.29, 0.717) is 11.8 Å². The fraction of sp³-hybridized carbons (Fsp3) is 0.375. The van der Waals surface area contributed by atoms with E-state index in [4.69, 9.17) is 23.2 Å². The first kappa shape index (κ1) is 8.82. The van der Waals surface area contributed by atoms with E-state index < -0.39 is 0 Å². The van der Waals surface area contributed by atoms with E-state index in [1.165, 1.54) is 0 Å². The second kappa shape index (κ2) is 3.93. The van der Waals surface area contributed by atoms with Gasteiger partial charge in [-0.3, -0.25) is 4.98 Å². The second-order valence-corrected chi connectivity index (χ2v) is 2.89. The Bertz CT molecular complexity index is 248. The summed E-state index contributed by atoms with van der Waals surface area (Å²) >= 11 is 11.3. The first-order valence-electron chi connectivity index (χ1n) is 3.34. The van der Waals surface area contributed by atoms with Crippen LogP contribution in [0.3, 0.4) is 0 Å². The van der Waals surface area contributed by atoms with E-state index in [0.717, 1.165) is 16.8 Å². The molecule has 0 amide bonds. The lowest BCUT2D eigenvalue weighted by atomic mass is 10.2. The van der Waals surface area contributed by atoms with E-state index >= 15 is 0 Å². The predicted octanol–water partition coefficient (Wildman–Crippen LogP) is 2.87. The van der Waals surface area contributed by atoms with Crippen LogP contribution in [0, 0.1) is 6.92 Å². The van der Waals surface area contributed by atoms with E-state index in [-0.39, 0.29) is 0 Å². The van der Waals surface area contributed by atoms with Crippen molar-refractivity contribution < 1.29 is 0 Å². The van der Waals surface area contributed by atoms with Crippen LogP contribution in [0.5, 0.6) is 0 Å². The highest BCUT2D eigenvalue weighted by atomic mass is 35.5. The molecule has 1 heterocycles. The Morgan fingerprint density at radius 1 is 1.36 bits per heavy atom. The Balaban J connectivity index is 3.02. The molecule has 1 nitrogen and oxygen atoms in total. The van der Waals surface area contributed by atoms with Crippen molar-refractivity contribution >= 4 is 23.2 Å². The molecule has 0 aromatic carbocycles. The SMILES string of the molecule is Cc1ncc(CCl)cc1CCl. The molecule has 1 rings (SSSR count). The van der Waals surface area contributed by atoms with Crippen LogP contribution in [-0.4, -0.2) is 4.98 Å². The molecule has 60 valence electrons. The van der Waals surface area contributed by atoms with Crippen LogP contribution < -0.4 is 0 Å². The summed E-state index contributed by atoms with van der Waals surface area (Å²) in [5, 5.41) is 0. The largest absolute Gasteiger partial charge is 0.261 e. The van der Waals surface area contributed by atoms with Gasteiger partial charge in [0.2, 0.25) is 0 Å². The van der Waals surface area contributed by atoms with Crippen molar-refractivity contribution in [2.75, 3.05) is 0 Å². The van der Waals surface area contributed by atoms with Gasteiger partial charge in [-0.25, -0.2) is 0 Å². The number of pyridine rings is 1. The third-order valence-corrected chi connectivity index (χ3v) is 2.14. The topological polar surface area (TPSA) is 12.9 Å². The van der Waals surface area contributed by atoms with E-state index in [1.807, 2.05) is 13.0 Å². The van der Waals surface area contributed by atoms with Gasteiger partial charge in [0.25, 0.3) is 0 Å². The molecule has 0 bridgehead atoms. The summed E-state index contributed by atoms with van der Waals surface area (Å²) < 4.78 is 0. The van der Waals surface area contributed by atoms with Crippen molar-refractivity contribution in [3.8, 4) is 0 Å². The number of hydrogen-bond donors (Lipinski definition) is 0. The highest BCUT2D eigenvalue weighted by Crippen LogP contribution is 2.11. The van der Waals surface area contributed by atoms with E-state index in [9.17, 15) is 0 Å². The molecule has 0 N–H and O–H groups in total. The van der Waals surface area contributed by atoms with Crippen molar-refractivity contribution in [1.29, 1.82) is 0 Å². The molecule has 0 atom stereocenters. The molecule has 0 saturated carbocycles. The first-order chi connectivity index (χ1) is 5.27. The Labute approximate surface area is 76.4 Å². The molecule has 0 aliphatic heterocycles. The summed E-state index contributed by atoms with van der Waals surface area (Å²) in [5.74, 6) is 1.00. The average molecular weight is 190 g/mol. The average Bonchev–Trinajstić information content (AvgIpc) is 2.05. The van der Waals surface area contributed by atoms with Crippen molar-refractivity contribution in [3.63, 3.8) is 0 Å². The molecule has 1 aromatic rings. The highest BCUT2D eigenvalue weighted by Gasteiger charge is 1.98. The molecular formula is C8H9Cl2N. The fourth-order valence-corrected chi connectivity index (χ4v) is 1.25. The molecule has 11 heavy (non-hydrogen) atoms. The standard InChI is InChI=1S/C8H9Cl2N/c1-6-8(4-10)2-7(3-9)5-11-6/h2,5H,3-4H2,1H3. The molecule has 0 fully saturated rings. The molecule has 0 spiro atoms. The summed E-state index contributed by atoms with van der Waals surface area (Å²) in [6.45, 7) is 1.94. The highest BCUT2D eigenvalue weighted by molar-refractivity contribution is 6.17. The molecular weight excluding hydrogens is 181 g/mol. The zero-order valence-electron chi connectivity index (χ0n) is 6.27. The number of halogens is 2. The molecule has 0 saturated heterocycles. The zero-order valence-corrected chi connectivity index (χ0v) is 7.78. The molecule has 3 heteroatoms. The number of hydrogen-bond acceptors (Lipinski definition) is 1. The minimum absolute atomic E-state index is 0.497. The zero-order chi connectivity index (χ0) is 8.27. The summed E-state index contributed by atoms with van der Waals surface area (Å²) in [6, 6.07) is 1.99. The van der Waals surface area contributed by atoms with Gasteiger partial charge in [0.15, 0.2) is 0 Å². The van der Waals surface area contributed by atoms with Crippen LogP contribution in [-0.2, 0) is 11.8 Å². The van der Waals surface area contributed by atoms with E-state index in [2.05, 4.69) is 4.98 Å². The van der Waals surface area contributed by atoms with Crippen LogP contribution in [0.25, 0.3) is 0 Å². The van der Waals surface area contributed by atoms with Gasteiger partial charge in [-0.05, 0) is 18.1 Å². The van der Waals surface area contributed by atoms with Gasteiger partial charge >= 0.3 is 0 Å². The van der Waals surface area contributed by atoms with Crippen LogP contribution >= 0.6 is 23.2 Å². The normalized spacial score (nSPS) is 10.1. The molecule has 1 aromatic heterocycles. The smallest absolute Gasteiger partial charge is 0.0492 e. The first-order valence-corrected chi connectivity index (χ1v) is 4.41. The van der Waals surface area contributed by atoms with Crippen molar-refractivity contribution in [2.24, 2.45) is 0 Å². The summed E-state index contributed by atoms with van der Waals surface area (Å²) in [5.41, 5.74) is 3.06. The van der Waals surface area contributed by atoms with Gasteiger partial charge in [-0.1, -0.05) is 6.07 Å². The van der Waals surface area contributed by atoms with Crippen molar-refractivity contribution in [3.05, 3.63) is 29.1 Å². The number of nitrogens with zero attached hydrogens (tertiary/aromatic N) is 1. The summed E-state index contributed by atoms with van der Waals surface area (Å²) in [6.07, 6.45) is 1.78. The number of rotatable bonds is 2. The van der Waals surface area contributed by atoms with Crippen molar-refractivity contribution in [1.82, 2.24) is 4.98 Å². The van der Waals surface area contributed by atoms with Gasteiger partial charge in [-0.2, -0.15) is 0 Å². The van der Waals surface area contributed by atoms with Gasteiger partial charge in [-0.15, -0.1) is 23.2 Å². The van der Waals surface area contributed by atoms with Gasteiger partial charge < -0.3 is 0 Å². The molecule has 0 radical (unpaired) electrons. The van der Waals surface area contributed by atoms with Crippen LogP contribution in [0.4, 0.5) is 0 Å². The van der Waals surface area contributed by atoms with Crippen LogP contribution in [0.15, 0.2) is 12.3 Å². The fourth-order valence-electron chi connectivity index (χ4n) is 0.837. The Kier molecular flexibility index (Phi) is 3.16. The lowest BCUT2D eigenvalue weighted by Crippen LogP contribution is -1.91. The second-order valence-electron chi connectivity index (χ2n) is 2.36. The Morgan fingerprint density at radius 2 is 2.09 bits per heavy atom. The molecule has 0 aliphatic carbocycles. The number of alkyl halides is 2. The minimum Gasteiger partial charge on any atom is -0.261 e. The minimum atomic E-state index is 0.497. The maximum atomic E-state index is 5.68. The lowest BCUT2D eigenvalue weighted by Gasteiger charge is -2.01. The van der Waals surface area contributed by atoms with Gasteiger partial charge in [0.1, 0.15) is 0 Å². The number of aromatic nitrogens is 1.